The Morgan fingerprint density at radius 1 is 1.32 bits per heavy atom. The fraction of sp³-hybridized carbons (Fsp3) is 0.286. The first-order valence-electron chi connectivity index (χ1n) is 6.60. The number of nitrogens with zero attached hydrogens (tertiary/aromatic N) is 2. The number of carbonyl (C=O) groups excluding carboxylic acids is 2. The molecule has 2 rings (SSSR count). The van der Waals surface area contributed by atoms with Gasteiger partial charge in [0.1, 0.15) is 0 Å². The average Bonchev–Trinajstić information content (AvgIpc) is 2.91. The number of thioether (sulfide) groups is 1. The van der Waals surface area contributed by atoms with Crippen LogP contribution in [0.4, 0.5) is 5.13 Å². The topological polar surface area (TPSA) is 98.0 Å². The molecule has 3 N–H and O–H groups in total. The van der Waals surface area contributed by atoms with Gasteiger partial charge in [0.15, 0.2) is 10.1 Å². The Balaban J connectivity index is 1.87. The Morgan fingerprint density at radius 3 is 2.64 bits per heavy atom. The molecule has 0 spiro atoms. The Labute approximate surface area is 136 Å². The molecular formula is C14H16N4O2S2. The highest BCUT2D eigenvalue weighted by molar-refractivity contribution is 8.01. The monoisotopic (exact) mass is 336 g/mol. The number of anilines is 1. The fourth-order valence-electron chi connectivity index (χ4n) is 1.79. The van der Waals surface area contributed by atoms with E-state index in [2.05, 4.69) is 15.5 Å². The van der Waals surface area contributed by atoms with Crippen LogP contribution in [-0.2, 0) is 16.0 Å². The average molecular weight is 336 g/mol. The third kappa shape index (κ3) is 5.12. The summed E-state index contributed by atoms with van der Waals surface area (Å²) in [4.78, 5) is 23.7. The predicted octanol–water partition coefficient (Wildman–Crippen LogP) is 1.53. The lowest BCUT2D eigenvalue weighted by molar-refractivity contribution is -0.125. The van der Waals surface area contributed by atoms with E-state index in [0.29, 0.717) is 15.9 Å². The van der Waals surface area contributed by atoms with Crippen LogP contribution in [0.2, 0.25) is 0 Å². The Morgan fingerprint density at radius 2 is 2.05 bits per heavy atom. The summed E-state index contributed by atoms with van der Waals surface area (Å²) in [5, 5.41) is 10.6. The third-order valence-electron chi connectivity index (χ3n) is 2.86. The van der Waals surface area contributed by atoms with E-state index >= 15 is 0 Å². The molecule has 0 aliphatic rings. The van der Waals surface area contributed by atoms with Gasteiger partial charge in [0.25, 0.3) is 0 Å². The van der Waals surface area contributed by atoms with Crippen molar-refractivity contribution in [3.05, 3.63) is 35.9 Å². The number of Topliss-reactive ketones (excluding diaryl/α,β-unsaturated/α-hetero) is 1. The molecule has 0 radical (unpaired) electrons. The standard InChI is InChI=1S/C14H16N4O2S2/c1-9(19)11(7-10-5-3-2-4-6-10)16-12(20)8-21-14-18-17-13(15)22-14/h2-6,11H,7-8H2,1H3,(H2,15,17)(H,16,20)/t11-/m0/s1. The minimum absolute atomic E-state index is 0.0673. The van der Waals surface area contributed by atoms with Gasteiger partial charge in [-0.1, -0.05) is 53.4 Å². The summed E-state index contributed by atoms with van der Waals surface area (Å²) in [6, 6.07) is 9.07. The first-order valence-corrected chi connectivity index (χ1v) is 8.40. The van der Waals surface area contributed by atoms with Gasteiger partial charge in [0, 0.05) is 0 Å². The minimum atomic E-state index is -0.519. The van der Waals surface area contributed by atoms with Crippen LogP contribution in [0.5, 0.6) is 0 Å². The van der Waals surface area contributed by atoms with E-state index in [1.807, 2.05) is 30.3 Å². The number of rotatable bonds is 7. The number of benzene rings is 1. The van der Waals surface area contributed by atoms with Crippen LogP contribution in [0.25, 0.3) is 0 Å². The maximum Gasteiger partial charge on any atom is 0.231 e. The van der Waals surface area contributed by atoms with Crippen molar-refractivity contribution in [2.45, 2.75) is 23.7 Å². The highest BCUT2D eigenvalue weighted by Crippen LogP contribution is 2.23. The van der Waals surface area contributed by atoms with Gasteiger partial charge in [-0.2, -0.15) is 0 Å². The number of carbonyl (C=O) groups is 2. The largest absolute Gasteiger partial charge is 0.374 e. The number of hydrogen-bond donors (Lipinski definition) is 2. The van der Waals surface area contributed by atoms with Crippen LogP contribution < -0.4 is 11.1 Å². The first-order chi connectivity index (χ1) is 10.5. The van der Waals surface area contributed by atoms with E-state index < -0.39 is 6.04 Å². The number of ketones is 1. The number of hydrogen-bond acceptors (Lipinski definition) is 7. The second-order valence-electron chi connectivity index (χ2n) is 4.62. The number of nitrogens with one attached hydrogen (secondary N) is 1. The summed E-state index contributed by atoms with van der Waals surface area (Å²) in [7, 11) is 0. The van der Waals surface area contributed by atoms with E-state index in [1.54, 1.807) is 0 Å². The molecule has 2 aromatic rings. The summed E-state index contributed by atoms with van der Waals surface area (Å²) >= 11 is 2.48. The first kappa shape index (κ1) is 16.4. The van der Waals surface area contributed by atoms with Crippen molar-refractivity contribution in [2.24, 2.45) is 0 Å². The lowest BCUT2D eigenvalue weighted by Crippen LogP contribution is -2.42. The second kappa shape index (κ2) is 7.90. The quantitative estimate of drug-likeness (QED) is 0.744. The molecule has 0 aliphatic carbocycles. The molecule has 6 nitrogen and oxygen atoms in total. The molecule has 1 amide bonds. The van der Waals surface area contributed by atoms with Crippen LogP contribution in [0.1, 0.15) is 12.5 Å². The molecule has 0 saturated carbocycles. The number of aromatic nitrogens is 2. The zero-order chi connectivity index (χ0) is 15.9. The molecule has 0 unspecified atom stereocenters. The van der Waals surface area contributed by atoms with Crippen molar-refractivity contribution in [3.8, 4) is 0 Å². The zero-order valence-electron chi connectivity index (χ0n) is 12.0. The lowest BCUT2D eigenvalue weighted by atomic mass is 10.0. The van der Waals surface area contributed by atoms with Crippen LogP contribution >= 0.6 is 23.1 Å². The summed E-state index contributed by atoms with van der Waals surface area (Å²) in [6.45, 7) is 1.48. The Hall–Kier alpha value is -1.93. The normalized spacial score (nSPS) is 11.9. The zero-order valence-corrected chi connectivity index (χ0v) is 13.6. The Kier molecular flexibility index (Phi) is 5.91. The summed E-state index contributed by atoms with van der Waals surface area (Å²) in [5.74, 6) is -0.106. The molecule has 1 aromatic heterocycles. The smallest absolute Gasteiger partial charge is 0.231 e. The van der Waals surface area contributed by atoms with E-state index in [9.17, 15) is 9.59 Å². The molecule has 0 bridgehead atoms. The van der Waals surface area contributed by atoms with E-state index in [0.717, 1.165) is 5.56 Å². The molecule has 8 heteroatoms. The van der Waals surface area contributed by atoms with E-state index in [4.69, 9.17) is 5.73 Å². The number of amides is 1. The fourth-order valence-corrected chi connectivity index (χ4v) is 3.24. The van der Waals surface area contributed by atoms with Crippen molar-refractivity contribution in [1.82, 2.24) is 15.5 Å². The van der Waals surface area contributed by atoms with Crippen molar-refractivity contribution in [2.75, 3.05) is 11.5 Å². The van der Waals surface area contributed by atoms with Crippen LogP contribution in [0.3, 0.4) is 0 Å². The summed E-state index contributed by atoms with van der Waals surface area (Å²) < 4.78 is 0.634. The van der Waals surface area contributed by atoms with E-state index in [1.165, 1.54) is 30.0 Å². The summed E-state index contributed by atoms with van der Waals surface area (Å²) in [5.41, 5.74) is 6.48. The second-order valence-corrected chi connectivity index (χ2v) is 6.85. The molecule has 1 atom stereocenters. The molecule has 116 valence electrons. The highest BCUT2D eigenvalue weighted by atomic mass is 32.2. The van der Waals surface area contributed by atoms with Gasteiger partial charge in [0.2, 0.25) is 11.0 Å². The van der Waals surface area contributed by atoms with Crippen molar-refractivity contribution < 1.29 is 9.59 Å². The minimum Gasteiger partial charge on any atom is -0.374 e. The van der Waals surface area contributed by atoms with Gasteiger partial charge in [-0.15, -0.1) is 10.2 Å². The van der Waals surface area contributed by atoms with Crippen LogP contribution in [0.15, 0.2) is 34.7 Å². The predicted molar refractivity (Wildman–Crippen MR) is 87.8 cm³/mol. The van der Waals surface area contributed by atoms with Gasteiger partial charge >= 0.3 is 0 Å². The molecule has 0 fully saturated rings. The molecule has 1 aromatic carbocycles. The number of nitrogens with two attached hydrogens (primary N) is 1. The van der Waals surface area contributed by atoms with Gasteiger partial charge in [-0.05, 0) is 18.9 Å². The van der Waals surface area contributed by atoms with Crippen molar-refractivity contribution in [1.29, 1.82) is 0 Å². The van der Waals surface area contributed by atoms with Gasteiger partial charge in [-0.3, -0.25) is 9.59 Å². The molecule has 22 heavy (non-hydrogen) atoms. The van der Waals surface area contributed by atoms with Gasteiger partial charge in [-0.25, -0.2) is 0 Å². The Bertz CT molecular complexity index is 645. The maximum absolute atomic E-state index is 12.0. The van der Waals surface area contributed by atoms with Crippen molar-refractivity contribution in [3.63, 3.8) is 0 Å². The SMILES string of the molecule is CC(=O)[C@H](Cc1ccccc1)NC(=O)CSc1nnc(N)s1. The highest BCUT2D eigenvalue weighted by Gasteiger charge is 2.18. The van der Waals surface area contributed by atoms with Gasteiger partial charge in [0.05, 0.1) is 11.8 Å². The van der Waals surface area contributed by atoms with Crippen LogP contribution in [-0.4, -0.2) is 33.7 Å². The lowest BCUT2D eigenvalue weighted by Gasteiger charge is -2.15. The third-order valence-corrected chi connectivity index (χ3v) is 4.74. The maximum atomic E-state index is 12.0. The molecular weight excluding hydrogens is 320 g/mol. The van der Waals surface area contributed by atoms with E-state index in [-0.39, 0.29) is 17.4 Å². The van der Waals surface area contributed by atoms with Gasteiger partial charge < -0.3 is 11.1 Å². The summed E-state index contributed by atoms with van der Waals surface area (Å²) in [6.07, 6.45) is 0.484. The van der Waals surface area contributed by atoms with Crippen LogP contribution in [0, 0.1) is 0 Å². The molecule has 0 saturated heterocycles. The number of nitrogen functional groups attached to an aromatic ring is 1. The van der Waals surface area contributed by atoms with Crippen molar-refractivity contribution >= 4 is 39.9 Å². The molecule has 1 heterocycles. The molecule has 0 aliphatic heterocycles.